The van der Waals surface area contributed by atoms with Crippen molar-refractivity contribution in [2.24, 2.45) is 0 Å². The molecule has 5 heteroatoms. The van der Waals surface area contributed by atoms with Gasteiger partial charge in [0.15, 0.2) is 5.54 Å². The Balaban J connectivity index is 2.65. The standard InChI is InChI=1S/C12H10FNO3/c1-2-5-12(11(16)17)9-4-3-7(13)6-8(9)10(15)14-12/h2-4,6H,1,5H2,(H,14,15)(H,16,17)/t12-/m0/s1. The summed E-state index contributed by atoms with van der Waals surface area (Å²) < 4.78 is 13.0. The second-order valence-corrected chi connectivity index (χ2v) is 3.85. The molecule has 1 aromatic rings. The Bertz CT molecular complexity index is 526. The molecular weight excluding hydrogens is 225 g/mol. The number of hydrogen-bond acceptors (Lipinski definition) is 2. The van der Waals surface area contributed by atoms with Gasteiger partial charge in [-0.3, -0.25) is 4.79 Å². The molecule has 4 nitrogen and oxygen atoms in total. The fourth-order valence-corrected chi connectivity index (χ4v) is 2.04. The zero-order valence-electron chi connectivity index (χ0n) is 8.87. The van der Waals surface area contributed by atoms with E-state index in [9.17, 15) is 19.1 Å². The molecule has 2 rings (SSSR count). The van der Waals surface area contributed by atoms with Crippen LogP contribution in [0.1, 0.15) is 22.3 Å². The summed E-state index contributed by atoms with van der Waals surface area (Å²) in [6.45, 7) is 3.48. The fourth-order valence-electron chi connectivity index (χ4n) is 2.04. The van der Waals surface area contributed by atoms with E-state index in [4.69, 9.17) is 0 Å². The molecule has 1 amide bonds. The Hall–Kier alpha value is -2.17. The normalized spacial score (nSPS) is 21.8. The van der Waals surface area contributed by atoms with Gasteiger partial charge in [0, 0.05) is 17.5 Å². The van der Waals surface area contributed by atoms with Crippen LogP contribution in [-0.2, 0) is 10.3 Å². The molecular formula is C12H10FNO3. The van der Waals surface area contributed by atoms with E-state index in [0.29, 0.717) is 0 Å². The Kier molecular flexibility index (Phi) is 2.46. The van der Waals surface area contributed by atoms with Crippen molar-refractivity contribution in [3.05, 3.63) is 47.8 Å². The average molecular weight is 235 g/mol. The smallest absolute Gasteiger partial charge is 0.334 e. The Morgan fingerprint density at radius 2 is 2.29 bits per heavy atom. The van der Waals surface area contributed by atoms with Crippen LogP contribution < -0.4 is 5.32 Å². The average Bonchev–Trinajstić information content (AvgIpc) is 2.54. The van der Waals surface area contributed by atoms with Gasteiger partial charge in [-0.15, -0.1) is 6.58 Å². The number of amides is 1. The van der Waals surface area contributed by atoms with Gasteiger partial charge >= 0.3 is 5.97 Å². The summed E-state index contributed by atoms with van der Waals surface area (Å²) in [6.07, 6.45) is 1.46. The van der Waals surface area contributed by atoms with E-state index in [1.807, 2.05) is 0 Å². The fraction of sp³-hybridized carbons (Fsp3) is 0.167. The molecule has 0 fully saturated rings. The number of carboxylic acids is 1. The van der Waals surface area contributed by atoms with Gasteiger partial charge in [0.2, 0.25) is 0 Å². The van der Waals surface area contributed by atoms with Crippen molar-refractivity contribution in [2.45, 2.75) is 12.0 Å². The largest absolute Gasteiger partial charge is 0.479 e. The molecule has 1 atom stereocenters. The highest BCUT2D eigenvalue weighted by Crippen LogP contribution is 2.35. The number of carbonyl (C=O) groups is 2. The molecule has 17 heavy (non-hydrogen) atoms. The first-order chi connectivity index (χ1) is 8.01. The Labute approximate surface area is 96.8 Å². The number of carboxylic acid groups (broad SMARTS) is 1. The lowest BCUT2D eigenvalue weighted by molar-refractivity contribution is -0.144. The quantitative estimate of drug-likeness (QED) is 0.779. The number of benzene rings is 1. The van der Waals surface area contributed by atoms with Crippen molar-refractivity contribution >= 4 is 11.9 Å². The number of aliphatic carboxylic acids is 1. The molecule has 1 aliphatic heterocycles. The summed E-state index contributed by atoms with van der Waals surface area (Å²) in [5, 5.41) is 11.7. The second-order valence-electron chi connectivity index (χ2n) is 3.85. The lowest BCUT2D eigenvalue weighted by Gasteiger charge is -2.23. The van der Waals surface area contributed by atoms with Crippen molar-refractivity contribution in [3.63, 3.8) is 0 Å². The van der Waals surface area contributed by atoms with E-state index in [1.165, 1.54) is 12.1 Å². The topological polar surface area (TPSA) is 66.4 Å². The van der Waals surface area contributed by atoms with E-state index in [-0.39, 0.29) is 17.5 Å². The van der Waals surface area contributed by atoms with E-state index >= 15 is 0 Å². The Morgan fingerprint density at radius 1 is 1.59 bits per heavy atom. The number of carbonyl (C=O) groups excluding carboxylic acids is 1. The van der Waals surface area contributed by atoms with Crippen LogP contribution in [0.25, 0.3) is 0 Å². The van der Waals surface area contributed by atoms with Crippen LogP contribution in [0.5, 0.6) is 0 Å². The minimum atomic E-state index is -1.53. The van der Waals surface area contributed by atoms with Crippen LogP contribution >= 0.6 is 0 Å². The second kappa shape index (κ2) is 3.69. The van der Waals surface area contributed by atoms with E-state index in [1.54, 1.807) is 0 Å². The van der Waals surface area contributed by atoms with Crippen LogP contribution in [0.3, 0.4) is 0 Å². The van der Waals surface area contributed by atoms with Crippen LogP contribution in [0.4, 0.5) is 4.39 Å². The monoisotopic (exact) mass is 235 g/mol. The third kappa shape index (κ3) is 1.51. The van der Waals surface area contributed by atoms with Gasteiger partial charge in [0.1, 0.15) is 5.82 Å². The van der Waals surface area contributed by atoms with Gasteiger partial charge < -0.3 is 10.4 Å². The molecule has 0 aliphatic carbocycles. The maximum absolute atomic E-state index is 13.0. The summed E-state index contributed by atoms with van der Waals surface area (Å²) in [5.41, 5.74) is -1.19. The zero-order valence-corrected chi connectivity index (χ0v) is 8.87. The van der Waals surface area contributed by atoms with Gasteiger partial charge in [-0.05, 0) is 12.1 Å². The van der Waals surface area contributed by atoms with Gasteiger partial charge in [-0.1, -0.05) is 12.1 Å². The highest BCUT2D eigenvalue weighted by molar-refractivity contribution is 6.05. The van der Waals surface area contributed by atoms with Gasteiger partial charge in [-0.25, -0.2) is 9.18 Å². The highest BCUT2D eigenvalue weighted by atomic mass is 19.1. The number of fused-ring (bicyclic) bond motifs is 1. The zero-order chi connectivity index (χ0) is 12.6. The minimum Gasteiger partial charge on any atom is -0.479 e. The van der Waals surface area contributed by atoms with Crippen LogP contribution in [-0.4, -0.2) is 17.0 Å². The van der Waals surface area contributed by atoms with Gasteiger partial charge in [-0.2, -0.15) is 0 Å². The maximum atomic E-state index is 13.0. The van der Waals surface area contributed by atoms with Crippen molar-refractivity contribution in [1.82, 2.24) is 5.32 Å². The summed E-state index contributed by atoms with van der Waals surface area (Å²) in [7, 11) is 0. The molecule has 88 valence electrons. The molecule has 1 aliphatic rings. The maximum Gasteiger partial charge on any atom is 0.334 e. The number of rotatable bonds is 3. The van der Waals surface area contributed by atoms with Crippen LogP contribution in [0.2, 0.25) is 0 Å². The number of nitrogens with one attached hydrogen (secondary N) is 1. The van der Waals surface area contributed by atoms with Crippen molar-refractivity contribution in [1.29, 1.82) is 0 Å². The predicted octanol–water partition coefficient (Wildman–Crippen LogP) is 1.43. The highest BCUT2D eigenvalue weighted by Gasteiger charge is 2.48. The van der Waals surface area contributed by atoms with E-state index < -0.39 is 23.2 Å². The van der Waals surface area contributed by atoms with Crippen LogP contribution in [0.15, 0.2) is 30.9 Å². The predicted molar refractivity (Wildman–Crippen MR) is 58.0 cm³/mol. The lowest BCUT2D eigenvalue weighted by atomic mass is 9.87. The van der Waals surface area contributed by atoms with Crippen molar-refractivity contribution < 1.29 is 19.1 Å². The molecule has 0 saturated heterocycles. The molecule has 0 aromatic heterocycles. The third-order valence-corrected chi connectivity index (χ3v) is 2.83. The molecule has 0 radical (unpaired) electrons. The summed E-state index contributed by atoms with van der Waals surface area (Å²) in [6, 6.07) is 3.50. The Morgan fingerprint density at radius 3 is 2.88 bits per heavy atom. The van der Waals surface area contributed by atoms with E-state index in [2.05, 4.69) is 11.9 Å². The summed E-state index contributed by atoms with van der Waals surface area (Å²) >= 11 is 0. The van der Waals surface area contributed by atoms with Crippen molar-refractivity contribution in [2.75, 3.05) is 0 Å². The molecule has 0 unspecified atom stereocenters. The molecule has 1 heterocycles. The number of halogens is 1. The molecule has 0 bridgehead atoms. The molecule has 0 saturated carbocycles. The summed E-state index contributed by atoms with van der Waals surface area (Å²) in [5.74, 6) is -2.33. The summed E-state index contributed by atoms with van der Waals surface area (Å²) in [4.78, 5) is 23.0. The van der Waals surface area contributed by atoms with Gasteiger partial charge in [0.25, 0.3) is 5.91 Å². The van der Waals surface area contributed by atoms with Crippen LogP contribution in [0, 0.1) is 5.82 Å². The molecule has 1 aromatic carbocycles. The molecule has 0 spiro atoms. The van der Waals surface area contributed by atoms with Crippen molar-refractivity contribution in [3.8, 4) is 0 Å². The lowest BCUT2D eigenvalue weighted by Crippen LogP contribution is -2.46. The van der Waals surface area contributed by atoms with E-state index in [0.717, 1.165) is 12.1 Å². The van der Waals surface area contributed by atoms with Gasteiger partial charge in [0.05, 0.1) is 0 Å². The third-order valence-electron chi connectivity index (χ3n) is 2.83. The first kappa shape index (κ1) is 11.3. The first-order valence-corrected chi connectivity index (χ1v) is 4.98. The minimum absolute atomic E-state index is 0.0483. The first-order valence-electron chi connectivity index (χ1n) is 4.98. The SMILES string of the molecule is C=CC[C@]1(C(=O)O)NC(=O)c2cc(F)ccc21. The number of hydrogen-bond donors (Lipinski definition) is 2. The molecule has 2 N–H and O–H groups in total.